The van der Waals surface area contributed by atoms with Crippen LogP contribution in [0.15, 0.2) is 0 Å². The van der Waals surface area contributed by atoms with Gasteiger partial charge in [-0.3, -0.25) is 0 Å². The van der Waals surface area contributed by atoms with Gasteiger partial charge in [-0.1, -0.05) is 13.8 Å². The first-order valence-electron chi connectivity index (χ1n) is 5.81. The summed E-state index contributed by atoms with van der Waals surface area (Å²) in [6, 6.07) is 0. The Kier molecular flexibility index (Phi) is 5.45. The van der Waals surface area contributed by atoms with E-state index in [0.29, 0.717) is 5.92 Å². The number of hydrogen-bond acceptors (Lipinski definition) is 3. The summed E-state index contributed by atoms with van der Waals surface area (Å²) in [5, 5.41) is 12.8. The SMILES string of the molecule is CC(C)C(O)CNCCN1CCCC1. The number of rotatable bonds is 6. The molecule has 0 saturated carbocycles. The van der Waals surface area contributed by atoms with Crippen LogP contribution < -0.4 is 5.32 Å². The smallest absolute Gasteiger partial charge is 0.0687 e. The van der Waals surface area contributed by atoms with Crippen molar-refractivity contribution < 1.29 is 5.11 Å². The standard InChI is InChI=1S/C11H24N2O/c1-10(2)11(14)9-12-5-8-13-6-3-4-7-13/h10-12,14H,3-9H2,1-2H3. The first kappa shape index (κ1) is 12.0. The second-order valence-corrected chi connectivity index (χ2v) is 4.56. The van der Waals surface area contributed by atoms with Crippen molar-refractivity contribution in [2.75, 3.05) is 32.7 Å². The van der Waals surface area contributed by atoms with E-state index in [2.05, 4.69) is 10.2 Å². The Hall–Kier alpha value is -0.120. The molecule has 1 aliphatic heterocycles. The van der Waals surface area contributed by atoms with Gasteiger partial charge in [0.1, 0.15) is 0 Å². The van der Waals surface area contributed by atoms with Crippen molar-refractivity contribution in [1.29, 1.82) is 0 Å². The molecule has 1 saturated heterocycles. The van der Waals surface area contributed by atoms with Gasteiger partial charge in [-0.15, -0.1) is 0 Å². The monoisotopic (exact) mass is 200 g/mol. The largest absolute Gasteiger partial charge is 0.392 e. The third-order valence-electron chi connectivity index (χ3n) is 2.93. The molecule has 1 rings (SSSR count). The zero-order valence-corrected chi connectivity index (χ0v) is 9.50. The number of likely N-dealkylation sites (tertiary alicyclic amines) is 1. The van der Waals surface area contributed by atoms with Crippen LogP contribution in [-0.4, -0.2) is 48.8 Å². The van der Waals surface area contributed by atoms with E-state index in [1.807, 2.05) is 13.8 Å². The van der Waals surface area contributed by atoms with Gasteiger partial charge in [0.2, 0.25) is 0 Å². The summed E-state index contributed by atoms with van der Waals surface area (Å²) in [6.45, 7) is 9.47. The zero-order chi connectivity index (χ0) is 10.4. The van der Waals surface area contributed by atoms with E-state index in [1.165, 1.54) is 25.9 Å². The minimum atomic E-state index is -0.200. The summed E-state index contributed by atoms with van der Waals surface area (Å²) in [7, 11) is 0. The fourth-order valence-electron chi connectivity index (χ4n) is 1.73. The molecule has 3 heteroatoms. The van der Waals surface area contributed by atoms with E-state index >= 15 is 0 Å². The maximum Gasteiger partial charge on any atom is 0.0687 e. The van der Waals surface area contributed by atoms with E-state index in [1.54, 1.807) is 0 Å². The van der Waals surface area contributed by atoms with Crippen LogP contribution in [0.1, 0.15) is 26.7 Å². The number of hydrogen-bond donors (Lipinski definition) is 2. The molecular formula is C11H24N2O. The predicted octanol–water partition coefficient (Wildman–Crippen LogP) is 0.689. The molecule has 0 amide bonds. The maximum atomic E-state index is 9.54. The highest BCUT2D eigenvalue weighted by molar-refractivity contribution is 4.68. The molecule has 0 aromatic rings. The minimum absolute atomic E-state index is 0.200. The van der Waals surface area contributed by atoms with Crippen LogP contribution in [0.4, 0.5) is 0 Å². The Morgan fingerprint density at radius 3 is 2.50 bits per heavy atom. The molecule has 0 aromatic carbocycles. The number of nitrogens with one attached hydrogen (secondary N) is 1. The van der Waals surface area contributed by atoms with Crippen molar-refractivity contribution in [2.45, 2.75) is 32.8 Å². The molecule has 1 heterocycles. The van der Waals surface area contributed by atoms with E-state index in [-0.39, 0.29) is 6.10 Å². The molecule has 0 bridgehead atoms. The quantitative estimate of drug-likeness (QED) is 0.619. The Balaban J connectivity index is 1.93. The Labute approximate surface area is 87.5 Å². The van der Waals surface area contributed by atoms with E-state index in [4.69, 9.17) is 0 Å². The van der Waals surface area contributed by atoms with Crippen LogP contribution >= 0.6 is 0 Å². The lowest BCUT2D eigenvalue weighted by molar-refractivity contribution is 0.123. The van der Waals surface area contributed by atoms with Crippen molar-refractivity contribution in [3.63, 3.8) is 0 Å². The third kappa shape index (κ3) is 4.40. The lowest BCUT2D eigenvalue weighted by atomic mass is 10.1. The van der Waals surface area contributed by atoms with Gasteiger partial charge in [-0.05, 0) is 31.8 Å². The molecule has 14 heavy (non-hydrogen) atoms. The molecule has 0 radical (unpaired) electrons. The normalized spacial score (nSPS) is 20.6. The fourth-order valence-corrected chi connectivity index (χ4v) is 1.73. The van der Waals surface area contributed by atoms with Crippen molar-refractivity contribution in [2.24, 2.45) is 5.92 Å². The summed E-state index contributed by atoms with van der Waals surface area (Å²) in [5.74, 6) is 0.356. The summed E-state index contributed by atoms with van der Waals surface area (Å²) in [5.41, 5.74) is 0. The molecule has 1 aliphatic rings. The Morgan fingerprint density at radius 2 is 1.93 bits per heavy atom. The molecular weight excluding hydrogens is 176 g/mol. The highest BCUT2D eigenvalue weighted by Crippen LogP contribution is 2.05. The predicted molar refractivity (Wildman–Crippen MR) is 59.4 cm³/mol. The first-order chi connectivity index (χ1) is 6.70. The van der Waals surface area contributed by atoms with Crippen molar-refractivity contribution >= 4 is 0 Å². The van der Waals surface area contributed by atoms with E-state index < -0.39 is 0 Å². The minimum Gasteiger partial charge on any atom is -0.392 e. The summed E-state index contributed by atoms with van der Waals surface area (Å²) < 4.78 is 0. The molecule has 1 atom stereocenters. The molecule has 2 N–H and O–H groups in total. The van der Waals surface area contributed by atoms with Gasteiger partial charge in [-0.2, -0.15) is 0 Å². The summed E-state index contributed by atoms with van der Waals surface area (Å²) in [6.07, 6.45) is 2.51. The second-order valence-electron chi connectivity index (χ2n) is 4.56. The highest BCUT2D eigenvalue weighted by atomic mass is 16.3. The molecule has 0 aliphatic carbocycles. The van der Waals surface area contributed by atoms with Crippen molar-refractivity contribution in [3.8, 4) is 0 Å². The molecule has 3 nitrogen and oxygen atoms in total. The summed E-state index contributed by atoms with van der Waals surface area (Å²) >= 11 is 0. The third-order valence-corrected chi connectivity index (χ3v) is 2.93. The average molecular weight is 200 g/mol. The van der Waals surface area contributed by atoms with Gasteiger partial charge >= 0.3 is 0 Å². The van der Waals surface area contributed by atoms with E-state index in [0.717, 1.165) is 19.6 Å². The van der Waals surface area contributed by atoms with E-state index in [9.17, 15) is 5.11 Å². The lowest BCUT2D eigenvalue weighted by Gasteiger charge is -2.18. The van der Waals surface area contributed by atoms with Gasteiger partial charge < -0.3 is 15.3 Å². The highest BCUT2D eigenvalue weighted by Gasteiger charge is 2.11. The van der Waals surface area contributed by atoms with Gasteiger partial charge in [0.15, 0.2) is 0 Å². The number of aliphatic hydroxyl groups is 1. The maximum absolute atomic E-state index is 9.54. The van der Waals surface area contributed by atoms with Crippen molar-refractivity contribution in [3.05, 3.63) is 0 Å². The lowest BCUT2D eigenvalue weighted by Crippen LogP contribution is -2.35. The fraction of sp³-hybridized carbons (Fsp3) is 1.00. The Morgan fingerprint density at radius 1 is 1.29 bits per heavy atom. The molecule has 1 unspecified atom stereocenters. The number of nitrogens with zero attached hydrogens (tertiary/aromatic N) is 1. The molecule has 0 aromatic heterocycles. The zero-order valence-electron chi connectivity index (χ0n) is 9.50. The first-order valence-corrected chi connectivity index (χ1v) is 5.81. The van der Waals surface area contributed by atoms with Gasteiger partial charge in [0.05, 0.1) is 6.10 Å². The van der Waals surface area contributed by atoms with Gasteiger partial charge in [0, 0.05) is 19.6 Å². The topological polar surface area (TPSA) is 35.5 Å². The average Bonchev–Trinajstić information content (AvgIpc) is 2.64. The van der Waals surface area contributed by atoms with Gasteiger partial charge in [-0.25, -0.2) is 0 Å². The second kappa shape index (κ2) is 6.38. The van der Waals surface area contributed by atoms with Crippen LogP contribution in [0.5, 0.6) is 0 Å². The summed E-state index contributed by atoms with van der Waals surface area (Å²) in [4.78, 5) is 2.48. The van der Waals surface area contributed by atoms with Crippen LogP contribution in [-0.2, 0) is 0 Å². The van der Waals surface area contributed by atoms with Gasteiger partial charge in [0.25, 0.3) is 0 Å². The van der Waals surface area contributed by atoms with Crippen LogP contribution in [0.2, 0.25) is 0 Å². The van der Waals surface area contributed by atoms with Crippen LogP contribution in [0, 0.1) is 5.92 Å². The number of aliphatic hydroxyl groups excluding tert-OH is 1. The van der Waals surface area contributed by atoms with Crippen LogP contribution in [0.3, 0.4) is 0 Å². The molecule has 84 valence electrons. The van der Waals surface area contributed by atoms with Crippen molar-refractivity contribution in [1.82, 2.24) is 10.2 Å². The molecule has 0 spiro atoms. The van der Waals surface area contributed by atoms with Crippen LogP contribution in [0.25, 0.3) is 0 Å². The molecule has 1 fully saturated rings. The Bertz CT molecular complexity index is 140.